The van der Waals surface area contributed by atoms with Gasteiger partial charge in [-0.2, -0.15) is 0 Å². The third-order valence-electron chi connectivity index (χ3n) is 4.30. The molecule has 2 aromatic heterocycles. The van der Waals surface area contributed by atoms with Gasteiger partial charge in [0.05, 0.1) is 11.8 Å². The van der Waals surface area contributed by atoms with Crippen molar-refractivity contribution in [1.29, 1.82) is 0 Å². The second-order valence-corrected chi connectivity index (χ2v) is 6.48. The molecule has 3 heterocycles. The van der Waals surface area contributed by atoms with E-state index >= 15 is 0 Å². The second-order valence-electron chi connectivity index (χ2n) is 6.48. The molecular weight excluding hydrogens is 318 g/mol. The zero-order valence-electron chi connectivity index (χ0n) is 14.6. The molecular formula is C18H23N5O2. The largest absolute Gasteiger partial charge is 0.384 e. The maximum atomic E-state index is 12.3. The van der Waals surface area contributed by atoms with Gasteiger partial charge in [0, 0.05) is 37.0 Å². The molecule has 25 heavy (non-hydrogen) atoms. The lowest BCUT2D eigenvalue weighted by Gasteiger charge is -2.18. The summed E-state index contributed by atoms with van der Waals surface area (Å²) in [6, 6.07) is 3.71. The molecule has 3 rings (SSSR count). The Morgan fingerprint density at radius 2 is 2.28 bits per heavy atom. The van der Waals surface area contributed by atoms with Crippen molar-refractivity contribution < 1.29 is 9.53 Å². The van der Waals surface area contributed by atoms with Crippen molar-refractivity contribution in [3.05, 3.63) is 36.5 Å². The highest BCUT2D eigenvalue weighted by molar-refractivity contribution is 5.78. The predicted molar refractivity (Wildman–Crippen MR) is 94.7 cm³/mol. The molecule has 0 spiro atoms. The summed E-state index contributed by atoms with van der Waals surface area (Å²) in [4.78, 5) is 26.8. The van der Waals surface area contributed by atoms with Crippen molar-refractivity contribution in [3.63, 3.8) is 0 Å². The highest BCUT2D eigenvalue weighted by Gasteiger charge is 2.30. The molecule has 1 aliphatic rings. The van der Waals surface area contributed by atoms with Crippen LogP contribution in [-0.2, 0) is 9.53 Å². The van der Waals surface area contributed by atoms with Crippen molar-refractivity contribution in [2.75, 3.05) is 25.4 Å². The van der Waals surface area contributed by atoms with E-state index in [4.69, 9.17) is 10.5 Å². The highest BCUT2D eigenvalue weighted by atomic mass is 16.5. The SMILES string of the molecule is CC(C)OCC(=O)N1CCC(c2ncncc2-c2ccnc(N)c2)C1. The monoisotopic (exact) mass is 341 g/mol. The van der Waals surface area contributed by atoms with Crippen molar-refractivity contribution in [3.8, 4) is 11.1 Å². The standard InChI is InChI=1S/C18H23N5O2/c1-12(2)25-10-17(24)23-6-4-14(9-23)18-15(8-20-11-22-18)13-3-5-21-16(19)7-13/h3,5,7-8,11-12,14H,4,6,9-10H2,1-2H3,(H2,19,21). The van der Waals surface area contributed by atoms with E-state index in [2.05, 4.69) is 15.0 Å². The van der Waals surface area contributed by atoms with Crippen LogP contribution in [0.1, 0.15) is 31.9 Å². The summed E-state index contributed by atoms with van der Waals surface area (Å²) >= 11 is 0. The number of nitrogens with zero attached hydrogens (tertiary/aromatic N) is 4. The van der Waals surface area contributed by atoms with Crippen LogP contribution in [0.15, 0.2) is 30.9 Å². The Morgan fingerprint density at radius 3 is 3.04 bits per heavy atom. The molecule has 0 radical (unpaired) electrons. The van der Waals surface area contributed by atoms with Crippen molar-refractivity contribution in [2.45, 2.75) is 32.3 Å². The Morgan fingerprint density at radius 1 is 1.44 bits per heavy atom. The third-order valence-corrected chi connectivity index (χ3v) is 4.30. The van der Waals surface area contributed by atoms with Gasteiger partial charge in [-0.1, -0.05) is 0 Å². The lowest BCUT2D eigenvalue weighted by Crippen LogP contribution is -2.32. The number of nitrogen functional groups attached to an aromatic ring is 1. The summed E-state index contributed by atoms with van der Waals surface area (Å²) in [7, 11) is 0. The van der Waals surface area contributed by atoms with E-state index < -0.39 is 0 Å². The molecule has 7 heteroatoms. The number of aromatic nitrogens is 3. The van der Waals surface area contributed by atoms with Gasteiger partial charge in [0.1, 0.15) is 18.8 Å². The van der Waals surface area contributed by atoms with E-state index in [1.165, 1.54) is 0 Å². The number of carbonyl (C=O) groups is 1. The number of hydrogen-bond acceptors (Lipinski definition) is 6. The molecule has 7 nitrogen and oxygen atoms in total. The van der Waals surface area contributed by atoms with Crippen LogP contribution in [0.3, 0.4) is 0 Å². The van der Waals surface area contributed by atoms with Crippen LogP contribution in [0.4, 0.5) is 5.82 Å². The Bertz CT molecular complexity index is 750. The highest BCUT2D eigenvalue weighted by Crippen LogP contribution is 2.33. The number of likely N-dealkylation sites (tertiary alicyclic amines) is 1. The van der Waals surface area contributed by atoms with Crippen LogP contribution < -0.4 is 5.73 Å². The molecule has 0 bridgehead atoms. The molecule has 2 aromatic rings. The maximum Gasteiger partial charge on any atom is 0.248 e. The number of nitrogens with two attached hydrogens (primary N) is 1. The van der Waals surface area contributed by atoms with Crippen molar-refractivity contribution in [2.24, 2.45) is 0 Å². The quantitative estimate of drug-likeness (QED) is 0.892. The van der Waals surface area contributed by atoms with Crippen LogP contribution in [0.2, 0.25) is 0 Å². The average molecular weight is 341 g/mol. The van der Waals surface area contributed by atoms with Crippen LogP contribution in [0.25, 0.3) is 11.1 Å². The number of rotatable bonds is 5. The summed E-state index contributed by atoms with van der Waals surface area (Å²) in [5.74, 6) is 0.664. The van der Waals surface area contributed by atoms with Gasteiger partial charge < -0.3 is 15.4 Å². The molecule has 0 aliphatic carbocycles. The van der Waals surface area contributed by atoms with Gasteiger partial charge in [0.15, 0.2) is 0 Å². The van der Waals surface area contributed by atoms with Gasteiger partial charge in [0.25, 0.3) is 0 Å². The van der Waals surface area contributed by atoms with Gasteiger partial charge in [-0.05, 0) is 38.0 Å². The Kier molecular flexibility index (Phi) is 5.23. The lowest BCUT2D eigenvalue weighted by molar-refractivity contribution is -0.136. The molecule has 0 aromatic carbocycles. The molecule has 1 fully saturated rings. The number of carbonyl (C=O) groups excluding carboxylic acids is 1. The van der Waals surface area contributed by atoms with Crippen LogP contribution >= 0.6 is 0 Å². The minimum atomic E-state index is 0.0277. The first kappa shape index (κ1) is 17.3. The Balaban J connectivity index is 1.76. The summed E-state index contributed by atoms with van der Waals surface area (Å²) < 4.78 is 5.43. The number of hydrogen-bond donors (Lipinski definition) is 1. The molecule has 0 saturated carbocycles. The van der Waals surface area contributed by atoms with E-state index in [0.717, 1.165) is 23.2 Å². The smallest absolute Gasteiger partial charge is 0.248 e. The number of ether oxygens (including phenoxy) is 1. The normalized spacial score (nSPS) is 17.2. The fraction of sp³-hybridized carbons (Fsp3) is 0.444. The van der Waals surface area contributed by atoms with Crippen molar-refractivity contribution >= 4 is 11.7 Å². The van der Waals surface area contributed by atoms with E-state index in [1.807, 2.05) is 30.9 Å². The fourth-order valence-corrected chi connectivity index (χ4v) is 3.04. The minimum absolute atomic E-state index is 0.0277. The van der Waals surface area contributed by atoms with E-state index in [1.54, 1.807) is 18.7 Å². The van der Waals surface area contributed by atoms with Crippen LogP contribution in [-0.4, -0.2) is 51.6 Å². The molecule has 2 N–H and O–H groups in total. The average Bonchev–Trinajstić information content (AvgIpc) is 3.09. The first-order valence-electron chi connectivity index (χ1n) is 8.45. The van der Waals surface area contributed by atoms with Crippen LogP contribution in [0, 0.1) is 0 Å². The van der Waals surface area contributed by atoms with Gasteiger partial charge >= 0.3 is 0 Å². The molecule has 1 atom stereocenters. The lowest BCUT2D eigenvalue weighted by atomic mass is 9.96. The van der Waals surface area contributed by atoms with E-state index in [9.17, 15) is 4.79 Å². The number of anilines is 1. The minimum Gasteiger partial charge on any atom is -0.384 e. The van der Waals surface area contributed by atoms with E-state index in [-0.39, 0.29) is 24.5 Å². The summed E-state index contributed by atoms with van der Waals surface area (Å²) in [5.41, 5.74) is 8.63. The first-order chi connectivity index (χ1) is 12.0. The molecule has 1 aliphatic heterocycles. The fourth-order valence-electron chi connectivity index (χ4n) is 3.04. The van der Waals surface area contributed by atoms with Crippen LogP contribution in [0.5, 0.6) is 0 Å². The topological polar surface area (TPSA) is 94.2 Å². The summed E-state index contributed by atoms with van der Waals surface area (Å²) in [6.45, 7) is 5.33. The molecule has 132 valence electrons. The molecule has 1 amide bonds. The summed E-state index contributed by atoms with van der Waals surface area (Å²) in [5, 5.41) is 0. The first-order valence-corrected chi connectivity index (χ1v) is 8.45. The Labute approximate surface area is 147 Å². The van der Waals surface area contributed by atoms with Gasteiger partial charge in [0.2, 0.25) is 5.91 Å². The zero-order valence-corrected chi connectivity index (χ0v) is 14.6. The van der Waals surface area contributed by atoms with E-state index in [0.29, 0.717) is 18.9 Å². The third kappa shape index (κ3) is 4.11. The zero-order chi connectivity index (χ0) is 17.8. The van der Waals surface area contributed by atoms with Crippen molar-refractivity contribution in [1.82, 2.24) is 19.9 Å². The summed E-state index contributed by atoms with van der Waals surface area (Å²) in [6.07, 6.45) is 5.94. The number of amides is 1. The Hall–Kier alpha value is -2.54. The molecule has 1 saturated heterocycles. The maximum absolute atomic E-state index is 12.3. The molecule has 1 unspecified atom stereocenters. The van der Waals surface area contributed by atoms with Gasteiger partial charge in [-0.15, -0.1) is 0 Å². The predicted octanol–water partition coefficient (Wildman–Crippen LogP) is 1.86. The van der Waals surface area contributed by atoms with Gasteiger partial charge in [-0.3, -0.25) is 4.79 Å². The van der Waals surface area contributed by atoms with Gasteiger partial charge in [-0.25, -0.2) is 15.0 Å². The second kappa shape index (κ2) is 7.57. The number of pyridine rings is 1.